The molecule has 0 aliphatic carbocycles. The summed E-state index contributed by atoms with van der Waals surface area (Å²) in [4.78, 5) is 38.0. The average molecular weight is 420 g/mol. The van der Waals surface area contributed by atoms with Crippen molar-refractivity contribution in [2.45, 2.75) is 6.92 Å². The largest absolute Gasteiger partial charge is 0.335 e. The SMILES string of the molecule is Cc1cc(N2C(=O)NC(=O)/C(=C\c3ccc(Cl)cc3)C2=O)ccc1Br. The topological polar surface area (TPSA) is 66.5 Å². The number of aryl methyl sites for hydroxylation is 1. The lowest BCUT2D eigenvalue weighted by molar-refractivity contribution is -0.122. The first-order valence-electron chi connectivity index (χ1n) is 7.30. The molecule has 1 saturated heterocycles. The molecule has 5 nitrogen and oxygen atoms in total. The van der Waals surface area contributed by atoms with E-state index in [1.807, 2.05) is 6.92 Å². The van der Waals surface area contributed by atoms with Gasteiger partial charge in [-0.15, -0.1) is 0 Å². The lowest BCUT2D eigenvalue weighted by Gasteiger charge is -2.26. The van der Waals surface area contributed by atoms with E-state index in [1.54, 1.807) is 42.5 Å². The summed E-state index contributed by atoms with van der Waals surface area (Å²) in [6.07, 6.45) is 1.43. The molecule has 0 unspecified atom stereocenters. The molecule has 0 saturated carbocycles. The van der Waals surface area contributed by atoms with Gasteiger partial charge in [-0.2, -0.15) is 0 Å². The van der Waals surface area contributed by atoms with Crippen LogP contribution in [-0.4, -0.2) is 17.8 Å². The minimum Gasteiger partial charge on any atom is -0.273 e. The summed E-state index contributed by atoms with van der Waals surface area (Å²) < 4.78 is 0.856. The molecule has 1 N–H and O–H groups in total. The van der Waals surface area contributed by atoms with Crippen molar-refractivity contribution in [3.8, 4) is 0 Å². The number of carbonyl (C=O) groups excluding carboxylic acids is 3. The summed E-state index contributed by atoms with van der Waals surface area (Å²) in [7, 11) is 0. The molecule has 2 aromatic rings. The molecule has 2 aromatic carbocycles. The number of hydrogen-bond donors (Lipinski definition) is 1. The van der Waals surface area contributed by atoms with Gasteiger partial charge in [0.25, 0.3) is 11.8 Å². The van der Waals surface area contributed by atoms with Gasteiger partial charge in [0.2, 0.25) is 0 Å². The molecule has 0 bridgehead atoms. The lowest BCUT2D eigenvalue weighted by atomic mass is 10.1. The summed E-state index contributed by atoms with van der Waals surface area (Å²) >= 11 is 9.21. The normalized spacial score (nSPS) is 16.4. The summed E-state index contributed by atoms with van der Waals surface area (Å²) in [6.45, 7) is 1.84. The molecule has 3 rings (SSSR count). The number of imide groups is 2. The van der Waals surface area contributed by atoms with E-state index in [0.717, 1.165) is 14.9 Å². The Morgan fingerprint density at radius 1 is 1.08 bits per heavy atom. The zero-order valence-corrected chi connectivity index (χ0v) is 15.4. The maximum atomic E-state index is 12.8. The van der Waals surface area contributed by atoms with Gasteiger partial charge in [0.05, 0.1) is 5.69 Å². The van der Waals surface area contributed by atoms with E-state index >= 15 is 0 Å². The average Bonchev–Trinajstić information content (AvgIpc) is 2.56. The number of barbiturate groups is 1. The summed E-state index contributed by atoms with van der Waals surface area (Å²) in [5.74, 6) is -1.40. The van der Waals surface area contributed by atoms with Crippen LogP contribution < -0.4 is 10.2 Å². The highest BCUT2D eigenvalue weighted by molar-refractivity contribution is 9.10. The van der Waals surface area contributed by atoms with Crippen LogP contribution in [0.3, 0.4) is 0 Å². The van der Waals surface area contributed by atoms with Crippen LogP contribution in [-0.2, 0) is 9.59 Å². The molecule has 0 aromatic heterocycles. The maximum Gasteiger partial charge on any atom is 0.335 e. The van der Waals surface area contributed by atoms with Crippen molar-refractivity contribution >= 4 is 57.1 Å². The molecule has 1 fully saturated rings. The molecule has 1 heterocycles. The lowest BCUT2D eigenvalue weighted by Crippen LogP contribution is -2.54. The van der Waals surface area contributed by atoms with Crippen molar-refractivity contribution < 1.29 is 14.4 Å². The third-order valence-corrected chi connectivity index (χ3v) is 4.82. The van der Waals surface area contributed by atoms with Gasteiger partial charge >= 0.3 is 6.03 Å². The van der Waals surface area contributed by atoms with Crippen molar-refractivity contribution in [1.82, 2.24) is 5.32 Å². The van der Waals surface area contributed by atoms with Crippen molar-refractivity contribution in [2.75, 3.05) is 4.90 Å². The first-order valence-corrected chi connectivity index (χ1v) is 8.47. The fraction of sp³-hybridized carbons (Fsp3) is 0.0556. The van der Waals surface area contributed by atoms with Crippen molar-refractivity contribution in [2.24, 2.45) is 0 Å². The van der Waals surface area contributed by atoms with Crippen LogP contribution in [0.1, 0.15) is 11.1 Å². The number of carbonyl (C=O) groups is 3. The van der Waals surface area contributed by atoms with Gasteiger partial charge in [-0.05, 0) is 54.5 Å². The summed E-state index contributed by atoms with van der Waals surface area (Å²) in [5, 5.41) is 2.74. The third kappa shape index (κ3) is 3.50. The highest BCUT2D eigenvalue weighted by Gasteiger charge is 2.36. The Bertz CT molecular complexity index is 922. The zero-order chi connectivity index (χ0) is 18.1. The number of amides is 4. The van der Waals surface area contributed by atoms with Crippen molar-refractivity contribution in [3.05, 3.63) is 68.7 Å². The van der Waals surface area contributed by atoms with Crippen LogP contribution in [0.25, 0.3) is 6.08 Å². The van der Waals surface area contributed by atoms with Crippen LogP contribution in [0.2, 0.25) is 5.02 Å². The molecule has 25 heavy (non-hydrogen) atoms. The number of nitrogens with one attached hydrogen (secondary N) is 1. The minimum absolute atomic E-state index is 0.123. The highest BCUT2D eigenvalue weighted by Crippen LogP contribution is 2.26. The fourth-order valence-electron chi connectivity index (χ4n) is 2.39. The molecule has 1 aliphatic rings. The Kier molecular flexibility index (Phi) is 4.74. The molecule has 0 radical (unpaired) electrons. The Morgan fingerprint density at radius 3 is 2.40 bits per heavy atom. The van der Waals surface area contributed by atoms with E-state index in [2.05, 4.69) is 21.2 Å². The van der Waals surface area contributed by atoms with E-state index in [1.165, 1.54) is 6.08 Å². The van der Waals surface area contributed by atoms with Crippen LogP contribution in [0.5, 0.6) is 0 Å². The van der Waals surface area contributed by atoms with E-state index in [-0.39, 0.29) is 5.57 Å². The van der Waals surface area contributed by atoms with Gasteiger partial charge in [0, 0.05) is 9.50 Å². The maximum absolute atomic E-state index is 12.8. The number of rotatable bonds is 2. The summed E-state index contributed by atoms with van der Waals surface area (Å²) in [5.41, 5.74) is 1.75. The second-order valence-corrected chi connectivity index (χ2v) is 6.73. The number of halogens is 2. The predicted molar refractivity (Wildman–Crippen MR) is 99.3 cm³/mol. The van der Waals surface area contributed by atoms with Crippen LogP contribution in [0.4, 0.5) is 10.5 Å². The number of anilines is 1. The van der Waals surface area contributed by atoms with Gasteiger partial charge < -0.3 is 0 Å². The van der Waals surface area contributed by atoms with Gasteiger partial charge in [-0.1, -0.05) is 39.7 Å². The summed E-state index contributed by atoms with van der Waals surface area (Å²) in [6, 6.07) is 11.0. The second kappa shape index (κ2) is 6.82. The quantitative estimate of drug-likeness (QED) is 0.589. The van der Waals surface area contributed by atoms with Gasteiger partial charge in [-0.3, -0.25) is 14.9 Å². The first kappa shape index (κ1) is 17.4. The first-order chi connectivity index (χ1) is 11.9. The van der Waals surface area contributed by atoms with Crippen LogP contribution in [0, 0.1) is 6.92 Å². The smallest absolute Gasteiger partial charge is 0.273 e. The standard InChI is InChI=1S/C18H12BrClN2O3/c1-10-8-13(6-7-15(10)19)22-17(24)14(16(23)21-18(22)25)9-11-2-4-12(20)5-3-11/h2-9H,1H3,(H,21,23,25)/b14-9+. The van der Waals surface area contributed by atoms with Gasteiger partial charge in [0.1, 0.15) is 5.57 Å². The monoisotopic (exact) mass is 418 g/mol. The van der Waals surface area contributed by atoms with Gasteiger partial charge in [-0.25, -0.2) is 9.69 Å². The molecule has 7 heteroatoms. The molecule has 1 aliphatic heterocycles. The van der Waals surface area contributed by atoms with E-state index < -0.39 is 17.8 Å². The van der Waals surface area contributed by atoms with E-state index in [9.17, 15) is 14.4 Å². The molecule has 126 valence electrons. The number of nitrogens with zero attached hydrogens (tertiary/aromatic N) is 1. The number of urea groups is 1. The molecule has 0 atom stereocenters. The second-order valence-electron chi connectivity index (χ2n) is 5.44. The Hall–Kier alpha value is -2.44. The van der Waals surface area contributed by atoms with Crippen molar-refractivity contribution in [3.63, 3.8) is 0 Å². The van der Waals surface area contributed by atoms with Crippen molar-refractivity contribution in [1.29, 1.82) is 0 Å². The van der Waals surface area contributed by atoms with Crippen LogP contribution in [0.15, 0.2) is 52.5 Å². The molecular formula is C18H12BrClN2O3. The van der Waals surface area contributed by atoms with Crippen LogP contribution >= 0.6 is 27.5 Å². The predicted octanol–water partition coefficient (Wildman–Crippen LogP) is 4.08. The third-order valence-electron chi connectivity index (χ3n) is 3.68. The molecule has 4 amide bonds. The number of hydrogen-bond acceptors (Lipinski definition) is 3. The Morgan fingerprint density at radius 2 is 1.76 bits per heavy atom. The van der Waals surface area contributed by atoms with E-state index in [4.69, 9.17) is 11.6 Å². The fourth-order valence-corrected chi connectivity index (χ4v) is 2.76. The number of benzene rings is 2. The van der Waals surface area contributed by atoms with E-state index in [0.29, 0.717) is 16.3 Å². The highest BCUT2D eigenvalue weighted by atomic mass is 79.9. The van der Waals surface area contributed by atoms with Gasteiger partial charge in [0.15, 0.2) is 0 Å². The Labute approximate surface area is 157 Å². The molecule has 0 spiro atoms. The zero-order valence-electron chi connectivity index (χ0n) is 13.0. The minimum atomic E-state index is -0.773. The molecular weight excluding hydrogens is 408 g/mol. The Balaban J connectivity index is 2.02.